The van der Waals surface area contributed by atoms with Crippen LogP contribution in [0.5, 0.6) is 11.5 Å². The van der Waals surface area contributed by atoms with Crippen molar-refractivity contribution in [1.29, 1.82) is 0 Å². The minimum absolute atomic E-state index is 0.0841. The zero-order chi connectivity index (χ0) is 18.1. The monoisotopic (exact) mass is 373 g/mol. The molecule has 1 aromatic heterocycles. The molecule has 0 bridgehead atoms. The number of nitrogens with one attached hydrogen (secondary N) is 1. The third kappa shape index (κ3) is 3.21. The lowest BCUT2D eigenvalue weighted by Gasteiger charge is -2.19. The predicted octanol–water partition coefficient (Wildman–Crippen LogP) is 2.62. The summed E-state index contributed by atoms with van der Waals surface area (Å²) < 4.78 is 43.9. The number of rotatable bonds is 4. The Hall–Kier alpha value is -3.07. The normalized spacial score (nSPS) is 13.4. The summed E-state index contributed by atoms with van der Waals surface area (Å²) in [5.41, 5.74) is 1.00. The maximum Gasteiger partial charge on any atom is 0.262 e. The number of aromatic nitrogens is 2. The van der Waals surface area contributed by atoms with Crippen LogP contribution >= 0.6 is 0 Å². The molecule has 0 amide bonds. The van der Waals surface area contributed by atoms with E-state index >= 15 is 0 Å². The van der Waals surface area contributed by atoms with Crippen LogP contribution in [0.15, 0.2) is 51.9 Å². The fraction of sp³-hybridized carbons (Fsp3) is 0.176. The molecule has 0 aliphatic carbocycles. The summed E-state index contributed by atoms with van der Waals surface area (Å²) in [5.74, 6) is 1.77. The van der Waals surface area contributed by atoms with Crippen molar-refractivity contribution in [2.45, 2.75) is 11.8 Å². The Balaban J connectivity index is 1.62. The average molecular weight is 373 g/mol. The van der Waals surface area contributed by atoms with Crippen LogP contribution in [0.1, 0.15) is 5.82 Å². The van der Waals surface area contributed by atoms with Gasteiger partial charge in [0.15, 0.2) is 17.3 Å². The quantitative estimate of drug-likeness (QED) is 0.750. The molecule has 8 nitrogen and oxygen atoms in total. The second-order valence-electron chi connectivity index (χ2n) is 5.64. The molecule has 1 aliphatic heterocycles. The van der Waals surface area contributed by atoms with Gasteiger partial charge in [-0.3, -0.25) is 4.72 Å². The fourth-order valence-electron chi connectivity index (χ4n) is 2.53. The van der Waals surface area contributed by atoms with E-state index < -0.39 is 10.0 Å². The molecule has 134 valence electrons. The Kier molecular flexibility index (Phi) is 4.00. The summed E-state index contributed by atoms with van der Waals surface area (Å²) in [5, 5.41) is 3.74. The molecule has 3 aromatic rings. The van der Waals surface area contributed by atoms with Gasteiger partial charge in [0.2, 0.25) is 0 Å². The van der Waals surface area contributed by atoms with Gasteiger partial charge in [0, 0.05) is 17.3 Å². The molecule has 1 N–H and O–H groups in total. The highest BCUT2D eigenvalue weighted by Crippen LogP contribution is 2.33. The molecular formula is C17H15N3O5S. The van der Waals surface area contributed by atoms with Gasteiger partial charge in [0.25, 0.3) is 15.9 Å². The lowest BCUT2D eigenvalue weighted by atomic mass is 10.2. The predicted molar refractivity (Wildman–Crippen MR) is 92.7 cm³/mol. The summed E-state index contributed by atoms with van der Waals surface area (Å²) >= 11 is 0. The van der Waals surface area contributed by atoms with Crippen LogP contribution < -0.4 is 14.2 Å². The first kappa shape index (κ1) is 16.4. The fourth-order valence-corrected chi connectivity index (χ4v) is 3.60. The molecule has 2 heterocycles. The molecule has 0 saturated heterocycles. The molecule has 0 radical (unpaired) electrons. The number of hydrogen-bond donors (Lipinski definition) is 1. The maximum atomic E-state index is 12.7. The van der Waals surface area contributed by atoms with E-state index in [1.807, 2.05) is 0 Å². The van der Waals surface area contributed by atoms with Crippen LogP contribution in [0, 0.1) is 6.92 Å². The number of benzene rings is 2. The van der Waals surface area contributed by atoms with Gasteiger partial charge in [-0.25, -0.2) is 8.42 Å². The van der Waals surface area contributed by atoms with Crippen LogP contribution in [0.25, 0.3) is 11.5 Å². The van der Waals surface area contributed by atoms with Crippen molar-refractivity contribution in [3.63, 3.8) is 0 Å². The van der Waals surface area contributed by atoms with Crippen LogP contribution in [0.4, 0.5) is 5.69 Å². The Morgan fingerprint density at radius 3 is 2.62 bits per heavy atom. The Labute approximate surface area is 149 Å². The highest BCUT2D eigenvalue weighted by Gasteiger charge is 2.20. The van der Waals surface area contributed by atoms with Crippen LogP contribution in [-0.2, 0) is 10.0 Å². The topological polar surface area (TPSA) is 104 Å². The SMILES string of the molecule is Cc1noc(-c2cccc(NS(=O)(=O)c3ccc4c(c3)OCCO4)c2)n1. The lowest BCUT2D eigenvalue weighted by Crippen LogP contribution is -2.17. The van der Waals surface area contributed by atoms with Gasteiger partial charge in [-0.1, -0.05) is 11.2 Å². The Morgan fingerprint density at radius 2 is 1.85 bits per heavy atom. The van der Waals surface area contributed by atoms with Crippen molar-refractivity contribution in [3.05, 3.63) is 48.3 Å². The molecule has 0 unspecified atom stereocenters. The van der Waals surface area contributed by atoms with E-state index in [-0.39, 0.29) is 4.90 Å². The standard InChI is InChI=1S/C17H15N3O5S/c1-11-18-17(25-19-11)12-3-2-4-13(9-12)20-26(21,22)14-5-6-15-16(10-14)24-8-7-23-15/h2-6,9-10,20H,7-8H2,1H3. The first-order chi connectivity index (χ1) is 12.5. The highest BCUT2D eigenvalue weighted by atomic mass is 32.2. The summed E-state index contributed by atoms with van der Waals surface area (Å²) in [6.07, 6.45) is 0. The second kappa shape index (κ2) is 6.34. The molecule has 2 aromatic carbocycles. The lowest BCUT2D eigenvalue weighted by molar-refractivity contribution is 0.171. The van der Waals surface area contributed by atoms with Gasteiger partial charge < -0.3 is 14.0 Å². The Morgan fingerprint density at radius 1 is 1.04 bits per heavy atom. The van der Waals surface area contributed by atoms with Crippen molar-refractivity contribution < 1.29 is 22.4 Å². The maximum absolute atomic E-state index is 12.7. The summed E-state index contributed by atoms with van der Waals surface area (Å²) in [4.78, 5) is 4.22. The molecule has 0 atom stereocenters. The number of anilines is 1. The van der Waals surface area contributed by atoms with Gasteiger partial charge in [0.05, 0.1) is 4.90 Å². The van der Waals surface area contributed by atoms with E-state index in [2.05, 4.69) is 14.9 Å². The van der Waals surface area contributed by atoms with Crippen molar-refractivity contribution in [2.75, 3.05) is 17.9 Å². The first-order valence-corrected chi connectivity index (χ1v) is 9.33. The van der Waals surface area contributed by atoms with E-state index in [9.17, 15) is 8.42 Å². The highest BCUT2D eigenvalue weighted by molar-refractivity contribution is 7.92. The van der Waals surface area contributed by atoms with Crippen molar-refractivity contribution in [1.82, 2.24) is 10.1 Å². The van der Waals surface area contributed by atoms with Gasteiger partial charge >= 0.3 is 0 Å². The zero-order valence-corrected chi connectivity index (χ0v) is 14.6. The molecule has 0 spiro atoms. The van der Waals surface area contributed by atoms with Crippen LogP contribution in [0.3, 0.4) is 0 Å². The molecule has 26 heavy (non-hydrogen) atoms. The number of hydrogen-bond acceptors (Lipinski definition) is 7. The molecule has 0 fully saturated rings. The third-order valence-corrected chi connectivity index (χ3v) is 5.09. The average Bonchev–Trinajstić information content (AvgIpc) is 3.08. The van der Waals surface area contributed by atoms with E-state index in [1.165, 1.54) is 12.1 Å². The van der Waals surface area contributed by atoms with Gasteiger partial charge in [-0.05, 0) is 37.3 Å². The van der Waals surface area contributed by atoms with Gasteiger partial charge in [-0.2, -0.15) is 4.98 Å². The number of sulfonamides is 1. The number of aryl methyl sites for hydroxylation is 1. The largest absolute Gasteiger partial charge is 0.486 e. The summed E-state index contributed by atoms with van der Waals surface area (Å²) in [7, 11) is -3.79. The molecule has 9 heteroatoms. The minimum atomic E-state index is -3.79. The summed E-state index contributed by atoms with van der Waals surface area (Å²) in [6, 6.07) is 11.2. The molecular weight excluding hydrogens is 358 g/mol. The van der Waals surface area contributed by atoms with E-state index in [0.29, 0.717) is 47.7 Å². The Bertz CT molecular complexity index is 1060. The third-order valence-electron chi connectivity index (χ3n) is 3.71. The van der Waals surface area contributed by atoms with Crippen molar-refractivity contribution in [3.8, 4) is 23.0 Å². The van der Waals surface area contributed by atoms with Crippen molar-refractivity contribution in [2.24, 2.45) is 0 Å². The minimum Gasteiger partial charge on any atom is -0.486 e. The van der Waals surface area contributed by atoms with Crippen LogP contribution in [0.2, 0.25) is 0 Å². The van der Waals surface area contributed by atoms with E-state index in [0.717, 1.165) is 0 Å². The molecule has 0 saturated carbocycles. The van der Waals surface area contributed by atoms with Gasteiger partial charge in [0.1, 0.15) is 13.2 Å². The molecule has 4 rings (SSSR count). The molecule has 1 aliphatic rings. The zero-order valence-electron chi connectivity index (χ0n) is 13.8. The number of nitrogens with zero attached hydrogens (tertiary/aromatic N) is 2. The second-order valence-corrected chi connectivity index (χ2v) is 7.32. The van der Waals surface area contributed by atoms with Crippen LogP contribution in [-0.4, -0.2) is 31.8 Å². The summed E-state index contributed by atoms with van der Waals surface area (Å²) in [6.45, 7) is 2.54. The van der Waals surface area contributed by atoms with Crippen molar-refractivity contribution >= 4 is 15.7 Å². The van der Waals surface area contributed by atoms with E-state index in [4.69, 9.17) is 14.0 Å². The number of fused-ring (bicyclic) bond motifs is 1. The number of ether oxygens (including phenoxy) is 2. The van der Waals surface area contributed by atoms with E-state index in [1.54, 1.807) is 37.3 Å². The first-order valence-electron chi connectivity index (χ1n) is 7.84. The van der Waals surface area contributed by atoms with Gasteiger partial charge in [-0.15, -0.1) is 0 Å². The smallest absolute Gasteiger partial charge is 0.262 e.